The number of carbonyl (C=O) groups is 2. The lowest BCUT2D eigenvalue weighted by Crippen LogP contribution is -2.46. The predicted molar refractivity (Wildman–Crippen MR) is 71.2 cm³/mol. The highest BCUT2D eigenvalue weighted by Crippen LogP contribution is 2.16. The summed E-state index contributed by atoms with van der Waals surface area (Å²) in [5.41, 5.74) is 0.942. The van der Waals surface area contributed by atoms with Crippen molar-refractivity contribution in [1.82, 2.24) is 4.90 Å². The maximum absolute atomic E-state index is 12.3. The molecule has 0 aromatic carbocycles. The van der Waals surface area contributed by atoms with Gasteiger partial charge < -0.3 is 14.7 Å². The Labute approximate surface area is 115 Å². The molecule has 104 valence electrons. The highest BCUT2D eigenvalue weighted by molar-refractivity contribution is 7.07. The first-order chi connectivity index (χ1) is 9.16. The van der Waals surface area contributed by atoms with Crippen LogP contribution in [0.15, 0.2) is 16.8 Å². The van der Waals surface area contributed by atoms with Gasteiger partial charge in [0.15, 0.2) is 0 Å². The van der Waals surface area contributed by atoms with Gasteiger partial charge in [0.05, 0.1) is 6.42 Å². The van der Waals surface area contributed by atoms with Crippen molar-refractivity contribution in [2.45, 2.75) is 25.3 Å². The largest absolute Gasteiger partial charge is 0.480 e. The molecule has 1 aliphatic heterocycles. The van der Waals surface area contributed by atoms with Gasteiger partial charge in [-0.1, -0.05) is 0 Å². The Balaban J connectivity index is 2.02. The summed E-state index contributed by atoms with van der Waals surface area (Å²) in [4.78, 5) is 24.7. The molecule has 2 heterocycles. The van der Waals surface area contributed by atoms with E-state index in [4.69, 9.17) is 9.84 Å². The van der Waals surface area contributed by atoms with Gasteiger partial charge in [-0.25, -0.2) is 0 Å². The number of carboxylic acids is 1. The smallest absolute Gasteiger partial charge is 0.323 e. The summed E-state index contributed by atoms with van der Waals surface area (Å²) >= 11 is 1.54. The molecular weight excluding hydrogens is 266 g/mol. The number of hydrogen-bond donors (Lipinski definition) is 1. The second kappa shape index (κ2) is 6.68. The topological polar surface area (TPSA) is 66.8 Å². The number of rotatable bonds is 5. The summed E-state index contributed by atoms with van der Waals surface area (Å²) in [7, 11) is 0. The molecule has 5 nitrogen and oxygen atoms in total. The van der Waals surface area contributed by atoms with E-state index >= 15 is 0 Å². The van der Waals surface area contributed by atoms with Crippen molar-refractivity contribution in [3.8, 4) is 0 Å². The third kappa shape index (κ3) is 4.04. The number of ether oxygens (including phenoxy) is 1. The lowest BCUT2D eigenvalue weighted by Gasteiger charge is -2.33. The van der Waals surface area contributed by atoms with Crippen LogP contribution in [-0.2, 0) is 20.7 Å². The summed E-state index contributed by atoms with van der Waals surface area (Å²) in [6.45, 7) is 0.951. The first-order valence-electron chi connectivity index (χ1n) is 6.27. The Bertz CT molecular complexity index is 426. The average molecular weight is 283 g/mol. The van der Waals surface area contributed by atoms with E-state index < -0.39 is 5.97 Å². The number of nitrogens with zero attached hydrogens (tertiary/aromatic N) is 1. The second-order valence-corrected chi connectivity index (χ2v) is 5.35. The zero-order valence-electron chi connectivity index (χ0n) is 10.6. The van der Waals surface area contributed by atoms with Crippen LogP contribution in [0.25, 0.3) is 0 Å². The molecule has 1 aliphatic rings. The van der Waals surface area contributed by atoms with Gasteiger partial charge in [0.1, 0.15) is 6.54 Å². The van der Waals surface area contributed by atoms with Crippen molar-refractivity contribution in [2.75, 3.05) is 19.8 Å². The molecule has 0 bridgehead atoms. The molecule has 2 rings (SSSR count). The lowest BCUT2D eigenvalue weighted by molar-refractivity contribution is -0.147. The molecule has 0 atom stereocenters. The van der Waals surface area contributed by atoms with Crippen molar-refractivity contribution in [3.63, 3.8) is 0 Å². The van der Waals surface area contributed by atoms with E-state index in [9.17, 15) is 9.59 Å². The van der Waals surface area contributed by atoms with Crippen LogP contribution in [0.5, 0.6) is 0 Å². The monoisotopic (exact) mass is 283 g/mol. The third-order valence-electron chi connectivity index (χ3n) is 3.19. The standard InChI is InChI=1S/C13H17NO4S/c15-12(7-10-3-6-19-9-10)14(8-13(16)17)11-1-4-18-5-2-11/h3,6,9,11H,1-2,4-5,7-8H2,(H,16,17). The van der Waals surface area contributed by atoms with Crippen LogP contribution in [0.4, 0.5) is 0 Å². The Kier molecular flexibility index (Phi) is 4.93. The quantitative estimate of drug-likeness (QED) is 0.886. The van der Waals surface area contributed by atoms with E-state index in [1.54, 1.807) is 0 Å². The first-order valence-corrected chi connectivity index (χ1v) is 7.21. The molecule has 0 aliphatic carbocycles. The lowest BCUT2D eigenvalue weighted by atomic mass is 10.1. The Morgan fingerprint density at radius 3 is 2.74 bits per heavy atom. The van der Waals surface area contributed by atoms with Crippen molar-refractivity contribution in [2.24, 2.45) is 0 Å². The van der Waals surface area contributed by atoms with Crippen LogP contribution < -0.4 is 0 Å². The fraction of sp³-hybridized carbons (Fsp3) is 0.538. The van der Waals surface area contributed by atoms with E-state index in [0.717, 1.165) is 5.56 Å². The maximum Gasteiger partial charge on any atom is 0.323 e. The van der Waals surface area contributed by atoms with Crippen LogP contribution >= 0.6 is 11.3 Å². The molecule has 1 saturated heterocycles. The van der Waals surface area contributed by atoms with Gasteiger partial charge in [-0.2, -0.15) is 11.3 Å². The van der Waals surface area contributed by atoms with E-state index in [1.807, 2.05) is 16.8 Å². The third-order valence-corrected chi connectivity index (χ3v) is 3.93. The minimum Gasteiger partial charge on any atom is -0.480 e. The Hall–Kier alpha value is -1.40. The van der Waals surface area contributed by atoms with Gasteiger partial charge in [0.25, 0.3) is 0 Å². The van der Waals surface area contributed by atoms with Crippen molar-refractivity contribution in [3.05, 3.63) is 22.4 Å². The number of carboxylic acid groups (broad SMARTS) is 1. The number of aliphatic carboxylic acids is 1. The van der Waals surface area contributed by atoms with Gasteiger partial charge in [-0.05, 0) is 35.2 Å². The molecule has 1 aromatic heterocycles. The Morgan fingerprint density at radius 1 is 1.42 bits per heavy atom. The highest BCUT2D eigenvalue weighted by atomic mass is 32.1. The SMILES string of the molecule is O=C(O)CN(C(=O)Cc1ccsc1)C1CCOCC1. The molecule has 0 unspecified atom stereocenters. The number of hydrogen-bond acceptors (Lipinski definition) is 4. The fourth-order valence-electron chi connectivity index (χ4n) is 2.23. The molecule has 1 fully saturated rings. The molecule has 1 amide bonds. The number of carbonyl (C=O) groups excluding carboxylic acids is 1. The zero-order valence-corrected chi connectivity index (χ0v) is 11.4. The van der Waals surface area contributed by atoms with Crippen molar-refractivity contribution < 1.29 is 19.4 Å². The maximum atomic E-state index is 12.3. The van der Waals surface area contributed by atoms with Crippen LogP contribution in [0.2, 0.25) is 0 Å². The van der Waals surface area contributed by atoms with Gasteiger partial charge in [0, 0.05) is 19.3 Å². The summed E-state index contributed by atoms with van der Waals surface area (Å²) < 4.78 is 5.26. The van der Waals surface area contributed by atoms with Crippen LogP contribution in [0.1, 0.15) is 18.4 Å². The number of amides is 1. The van der Waals surface area contributed by atoms with Crippen molar-refractivity contribution in [1.29, 1.82) is 0 Å². The van der Waals surface area contributed by atoms with Crippen LogP contribution in [0, 0.1) is 0 Å². The fourth-order valence-corrected chi connectivity index (χ4v) is 2.90. The van der Waals surface area contributed by atoms with Gasteiger partial charge in [-0.15, -0.1) is 0 Å². The van der Waals surface area contributed by atoms with Gasteiger partial charge >= 0.3 is 5.97 Å². The minimum absolute atomic E-state index is 0.0176. The molecule has 1 N–H and O–H groups in total. The van der Waals surface area contributed by atoms with Crippen LogP contribution in [0.3, 0.4) is 0 Å². The molecule has 19 heavy (non-hydrogen) atoms. The average Bonchev–Trinajstić information content (AvgIpc) is 2.89. The molecule has 1 aromatic rings. The van der Waals surface area contributed by atoms with E-state index in [0.29, 0.717) is 26.1 Å². The predicted octanol–water partition coefficient (Wildman–Crippen LogP) is 1.38. The van der Waals surface area contributed by atoms with E-state index in [1.165, 1.54) is 16.2 Å². The Morgan fingerprint density at radius 2 is 2.16 bits per heavy atom. The highest BCUT2D eigenvalue weighted by Gasteiger charge is 2.27. The normalized spacial score (nSPS) is 16.2. The summed E-state index contributed by atoms with van der Waals surface area (Å²) in [6.07, 6.45) is 1.69. The molecule has 0 spiro atoms. The number of thiophene rings is 1. The molecule has 6 heteroatoms. The summed E-state index contributed by atoms with van der Waals surface area (Å²) in [6, 6.07) is 1.88. The molecular formula is C13H17NO4S. The minimum atomic E-state index is -0.967. The second-order valence-electron chi connectivity index (χ2n) is 4.57. The van der Waals surface area contributed by atoms with Gasteiger partial charge in [0.2, 0.25) is 5.91 Å². The zero-order chi connectivity index (χ0) is 13.7. The molecule has 0 saturated carbocycles. The molecule has 0 radical (unpaired) electrons. The van der Waals surface area contributed by atoms with E-state index in [2.05, 4.69) is 0 Å². The van der Waals surface area contributed by atoms with E-state index in [-0.39, 0.29) is 24.9 Å². The van der Waals surface area contributed by atoms with Gasteiger partial charge in [-0.3, -0.25) is 9.59 Å². The van der Waals surface area contributed by atoms with Crippen LogP contribution in [-0.4, -0.2) is 47.7 Å². The summed E-state index contributed by atoms with van der Waals surface area (Å²) in [5, 5.41) is 12.8. The first kappa shape index (κ1) is 14.0. The summed E-state index contributed by atoms with van der Waals surface area (Å²) in [5.74, 6) is -1.09. The van der Waals surface area contributed by atoms with Crippen molar-refractivity contribution >= 4 is 23.2 Å².